The molecule has 19 heavy (non-hydrogen) atoms. The summed E-state index contributed by atoms with van der Waals surface area (Å²) in [7, 11) is 0. The summed E-state index contributed by atoms with van der Waals surface area (Å²) in [4.78, 5) is 4.53. The Morgan fingerprint density at radius 3 is 2.63 bits per heavy atom. The maximum Gasteiger partial charge on any atom is 0.0889 e. The third-order valence-electron chi connectivity index (χ3n) is 2.49. The zero-order valence-corrected chi connectivity index (χ0v) is 12.3. The van der Waals surface area contributed by atoms with Gasteiger partial charge in [-0.3, -0.25) is 4.98 Å². The van der Waals surface area contributed by atoms with Gasteiger partial charge in [-0.1, -0.05) is 26.8 Å². The summed E-state index contributed by atoms with van der Waals surface area (Å²) in [6.07, 6.45) is 0. The number of ether oxygens (including phenoxy) is 2. The van der Waals surface area contributed by atoms with Gasteiger partial charge in [0.05, 0.1) is 31.2 Å². The first kappa shape index (κ1) is 16.1. The predicted molar refractivity (Wildman–Crippen MR) is 76.9 cm³/mol. The van der Waals surface area contributed by atoms with Crippen molar-refractivity contribution < 1.29 is 9.47 Å². The molecule has 4 heteroatoms. The second kappa shape index (κ2) is 9.89. The lowest BCUT2D eigenvalue weighted by Gasteiger charge is -2.08. The quantitative estimate of drug-likeness (QED) is 0.660. The van der Waals surface area contributed by atoms with Gasteiger partial charge in [-0.05, 0) is 24.6 Å². The molecule has 1 aromatic rings. The van der Waals surface area contributed by atoms with Crippen LogP contribution in [0.3, 0.4) is 0 Å². The van der Waals surface area contributed by atoms with E-state index in [2.05, 4.69) is 31.1 Å². The molecular weight excluding hydrogens is 240 g/mol. The largest absolute Gasteiger partial charge is 0.379 e. The van der Waals surface area contributed by atoms with E-state index in [1.807, 2.05) is 18.2 Å². The number of nitrogens with zero attached hydrogens (tertiary/aromatic N) is 1. The van der Waals surface area contributed by atoms with Gasteiger partial charge in [0.2, 0.25) is 0 Å². The highest BCUT2D eigenvalue weighted by Crippen LogP contribution is 2.01. The summed E-state index contributed by atoms with van der Waals surface area (Å²) in [6, 6.07) is 6.04. The molecule has 1 N–H and O–H groups in total. The second-order valence-electron chi connectivity index (χ2n) is 4.92. The fourth-order valence-electron chi connectivity index (χ4n) is 1.57. The van der Waals surface area contributed by atoms with E-state index in [4.69, 9.17) is 9.47 Å². The van der Waals surface area contributed by atoms with Gasteiger partial charge in [0.25, 0.3) is 0 Å². The Labute approximate surface area is 116 Å². The average molecular weight is 266 g/mol. The number of rotatable bonds is 10. The highest BCUT2D eigenvalue weighted by molar-refractivity contribution is 5.10. The molecule has 0 bridgehead atoms. The van der Waals surface area contributed by atoms with Crippen LogP contribution < -0.4 is 5.32 Å². The molecule has 0 saturated heterocycles. The van der Waals surface area contributed by atoms with Crippen molar-refractivity contribution >= 4 is 0 Å². The summed E-state index contributed by atoms with van der Waals surface area (Å²) in [5.74, 6) is 0.574. The molecule has 0 aliphatic rings. The Balaban J connectivity index is 2.18. The molecule has 0 aliphatic heterocycles. The van der Waals surface area contributed by atoms with Crippen LogP contribution in [0, 0.1) is 5.92 Å². The van der Waals surface area contributed by atoms with Crippen molar-refractivity contribution in [2.45, 2.75) is 33.9 Å². The monoisotopic (exact) mass is 266 g/mol. The van der Waals surface area contributed by atoms with Crippen LogP contribution in [-0.4, -0.2) is 31.3 Å². The molecule has 0 spiro atoms. The average Bonchev–Trinajstić information content (AvgIpc) is 2.40. The molecule has 0 amide bonds. The van der Waals surface area contributed by atoms with E-state index >= 15 is 0 Å². The fourth-order valence-corrected chi connectivity index (χ4v) is 1.57. The molecule has 108 valence electrons. The smallest absolute Gasteiger partial charge is 0.0889 e. The minimum absolute atomic E-state index is 0.547. The Hall–Kier alpha value is -0.970. The third-order valence-corrected chi connectivity index (χ3v) is 2.49. The van der Waals surface area contributed by atoms with E-state index in [1.165, 1.54) is 0 Å². The van der Waals surface area contributed by atoms with Crippen LogP contribution in [0.25, 0.3) is 0 Å². The Kier molecular flexibility index (Phi) is 8.38. The normalized spacial score (nSPS) is 11.2. The van der Waals surface area contributed by atoms with Crippen molar-refractivity contribution in [3.8, 4) is 0 Å². The molecule has 1 heterocycles. The first-order chi connectivity index (χ1) is 9.22. The van der Waals surface area contributed by atoms with Crippen LogP contribution in [0.4, 0.5) is 0 Å². The Morgan fingerprint density at radius 1 is 1.16 bits per heavy atom. The van der Waals surface area contributed by atoms with Gasteiger partial charge in [0.15, 0.2) is 0 Å². The number of hydrogen-bond acceptors (Lipinski definition) is 4. The Morgan fingerprint density at radius 2 is 1.89 bits per heavy atom. The molecule has 0 aromatic carbocycles. The molecule has 1 aromatic heterocycles. The first-order valence-corrected chi connectivity index (χ1v) is 7.03. The summed E-state index contributed by atoms with van der Waals surface area (Å²) < 4.78 is 11.0. The van der Waals surface area contributed by atoms with Crippen LogP contribution in [0.2, 0.25) is 0 Å². The van der Waals surface area contributed by atoms with Crippen LogP contribution in [0.15, 0.2) is 18.2 Å². The van der Waals surface area contributed by atoms with Gasteiger partial charge in [-0.25, -0.2) is 0 Å². The zero-order valence-electron chi connectivity index (χ0n) is 12.3. The SMILES string of the molecule is CCNCc1cccc(COCCOCC(C)C)n1. The van der Waals surface area contributed by atoms with E-state index in [9.17, 15) is 0 Å². The maximum absolute atomic E-state index is 5.55. The minimum Gasteiger partial charge on any atom is -0.379 e. The van der Waals surface area contributed by atoms with Gasteiger partial charge >= 0.3 is 0 Å². The highest BCUT2D eigenvalue weighted by Gasteiger charge is 1.99. The van der Waals surface area contributed by atoms with E-state index < -0.39 is 0 Å². The summed E-state index contributed by atoms with van der Waals surface area (Å²) in [5, 5.41) is 3.26. The number of hydrogen-bond donors (Lipinski definition) is 1. The zero-order chi connectivity index (χ0) is 13.9. The molecule has 0 atom stereocenters. The molecule has 0 saturated carbocycles. The Bertz CT molecular complexity index is 343. The molecule has 1 rings (SSSR count). The van der Waals surface area contributed by atoms with E-state index in [0.29, 0.717) is 25.7 Å². The first-order valence-electron chi connectivity index (χ1n) is 7.03. The molecule has 0 radical (unpaired) electrons. The van der Waals surface area contributed by atoms with Crippen LogP contribution >= 0.6 is 0 Å². The molecule has 0 aliphatic carbocycles. The molecular formula is C15H26N2O2. The van der Waals surface area contributed by atoms with E-state index in [1.54, 1.807) is 0 Å². The van der Waals surface area contributed by atoms with Gasteiger partial charge < -0.3 is 14.8 Å². The number of aromatic nitrogens is 1. The standard InChI is InChI=1S/C15H26N2O2/c1-4-16-10-14-6-5-7-15(17-14)12-19-9-8-18-11-13(2)3/h5-7,13,16H,4,8-12H2,1-3H3. The van der Waals surface area contributed by atoms with E-state index in [0.717, 1.165) is 31.1 Å². The summed E-state index contributed by atoms with van der Waals surface area (Å²) in [6.45, 7) is 10.7. The predicted octanol–water partition coefficient (Wildman–Crippen LogP) is 2.38. The van der Waals surface area contributed by atoms with Gasteiger partial charge in [0, 0.05) is 13.2 Å². The summed E-state index contributed by atoms with van der Waals surface area (Å²) in [5.41, 5.74) is 2.03. The highest BCUT2D eigenvalue weighted by atomic mass is 16.5. The van der Waals surface area contributed by atoms with Crippen molar-refractivity contribution in [1.29, 1.82) is 0 Å². The van der Waals surface area contributed by atoms with Crippen LogP contribution in [0.1, 0.15) is 32.2 Å². The summed E-state index contributed by atoms with van der Waals surface area (Å²) >= 11 is 0. The molecule has 0 unspecified atom stereocenters. The maximum atomic E-state index is 5.55. The number of nitrogens with one attached hydrogen (secondary N) is 1. The van der Waals surface area contributed by atoms with Gasteiger partial charge in [0.1, 0.15) is 0 Å². The lowest BCUT2D eigenvalue weighted by atomic mass is 10.2. The lowest BCUT2D eigenvalue weighted by Crippen LogP contribution is -2.13. The second-order valence-corrected chi connectivity index (χ2v) is 4.92. The molecule has 4 nitrogen and oxygen atoms in total. The fraction of sp³-hybridized carbons (Fsp3) is 0.667. The van der Waals surface area contributed by atoms with Crippen LogP contribution in [-0.2, 0) is 22.6 Å². The van der Waals surface area contributed by atoms with Crippen molar-refractivity contribution in [2.75, 3.05) is 26.4 Å². The minimum atomic E-state index is 0.547. The van der Waals surface area contributed by atoms with Crippen molar-refractivity contribution in [3.63, 3.8) is 0 Å². The van der Waals surface area contributed by atoms with Crippen molar-refractivity contribution in [3.05, 3.63) is 29.6 Å². The van der Waals surface area contributed by atoms with Crippen molar-refractivity contribution in [1.82, 2.24) is 10.3 Å². The lowest BCUT2D eigenvalue weighted by molar-refractivity contribution is 0.0304. The third kappa shape index (κ3) is 7.93. The molecule has 0 fully saturated rings. The van der Waals surface area contributed by atoms with E-state index in [-0.39, 0.29) is 0 Å². The topological polar surface area (TPSA) is 43.4 Å². The van der Waals surface area contributed by atoms with Crippen LogP contribution in [0.5, 0.6) is 0 Å². The van der Waals surface area contributed by atoms with Gasteiger partial charge in [-0.2, -0.15) is 0 Å². The van der Waals surface area contributed by atoms with Crippen molar-refractivity contribution in [2.24, 2.45) is 5.92 Å². The van der Waals surface area contributed by atoms with Gasteiger partial charge in [-0.15, -0.1) is 0 Å². The number of pyridine rings is 1.